The van der Waals surface area contributed by atoms with Gasteiger partial charge in [-0.3, -0.25) is 19.6 Å². The van der Waals surface area contributed by atoms with E-state index in [-0.39, 0.29) is 11.1 Å². The van der Waals surface area contributed by atoms with E-state index >= 15 is 0 Å². The summed E-state index contributed by atoms with van der Waals surface area (Å²) in [5.74, 6) is 3.79. The molecule has 1 atom stereocenters. The Labute approximate surface area is 199 Å². The van der Waals surface area contributed by atoms with Gasteiger partial charge in [0.1, 0.15) is 0 Å². The number of ether oxygens (including phenoxy) is 1. The highest BCUT2D eigenvalue weighted by Gasteiger charge is 2.33. The van der Waals surface area contributed by atoms with E-state index in [1.165, 1.54) is 19.6 Å². The van der Waals surface area contributed by atoms with Crippen LogP contribution in [0.4, 0.5) is 0 Å². The van der Waals surface area contributed by atoms with Crippen molar-refractivity contribution in [3.05, 3.63) is 70.8 Å². The van der Waals surface area contributed by atoms with Gasteiger partial charge in [0.2, 0.25) is 0 Å². The Morgan fingerprint density at radius 3 is 2.03 bits per heavy atom. The SMILES string of the molecule is CNC(=O)C(C(=O)NO)N(C)C(=O)c1ccc(C#Cc2ccc(COCC(C)(C)N)cc2)cc1. The van der Waals surface area contributed by atoms with Gasteiger partial charge in [-0.1, -0.05) is 24.0 Å². The predicted octanol–water partition coefficient (Wildman–Crippen LogP) is 1.03. The number of nitrogens with zero attached hydrogens (tertiary/aromatic N) is 1. The van der Waals surface area contributed by atoms with Gasteiger partial charge in [-0.2, -0.15) is 0 Å². The van der Waals surface area contributed by atoms with Gasteiger partial charge in [-0.05, 0) is 55.8 Å². The average Bonchev–Trinajstić information content (AvgIpc) is 2.82. The number of benzene rings is 2. The predicted molar refractivity (Wildman–Crippen MR) is 127 cm³/mol. The molecule has 2 aromatic rings. The van der Waals surface area contributed by atoms with Crippen LogP contribution in [0.25, 0.3) is 0 Å². The van der Waals surface area contributed by atoms with Crippen LogP contribution in [0.5, 0.6) is 0 Å². The molecule has 0 heterocycles. The third-order valence-corrected chi connectivity index (χ3v) is 4.74. The van der Waals surface area contributed by atoms with E-state index in [0.717, 1.165) is 16.0 Å². The van der Waals surface area contributed by atoms with Gasteiger partial charge in [-0.25, -0.2) is 5.48 Å². The maximum absolute atomic E-state index is 12.7. The van der Waals surface area contributed by atoms with Crippen LogP contribution in [0.2, 0.25) is 0 Å². The quantitative estimate of drug-likeness (QED) is 0.199. The molecule has 34 heavy (non-hydrogen) atoms. The summed E-state index contributed by atoms with van der Waals surface area (Å²) in [5.41, 5.74) is 9.73. The fraction of sp³-hybridized carbons (Fsp3) is 0.320. The molecule has 9 heteroatoms. The van der Waals surface area contributed by atoms with E-state index in [4.69, 9.17) is 15.7 Å². The molecule has 0 aliphatic carbocycles. The molecule has 0 spiro atoms. The summed E-state index contributed by atoms with van der Waals surface area (Å²) < 4.78 is 5.61. The van der Waals surface area contributed by atoms with Crippen LogP contribution in [-0.2, 0) is 20.9 Å². The highest BCUT2D eigenvalue weighted by Crippen LogP contribution is 2.11. The molecule has 5 N–H and O–H groups in total. The van der Waals surface area contributed by atoms with E-state index in [0.29, 0.717) is 18.8 Å². The summed E-state index contributed by atoms with van der Waals surface area (Å²) >= 11 is 0. The van der Waals surface area contributed by atoms with Crippen molar-refractivity contribution in [3.63, 3.8) is 0 Å². The second-order valence-electron chi connectivity index (χ2n) is 8.41. The number of hydroxylamine groups is 1. The summed E-state index contributed by atoms with van der Waals surface area (Å²) in [5, 5.41) is 11.2. The van der Waals surface area contributed by atoms with E-state index in [9.17, 15) is 14.4 Å². The number of nitrogens with one attached hydrogen (secondary N) is 2. The van der Waals surface area contributed by atoms with E-state index in [1.807, 2.05) is 38.1 Å². The van der Waals surface area contributed by atoms with Crippen LogP contribution >= 0.6 is 0 Å². The van der Waals surface area contributed by atoms with E-state index < -0.39 is 23.8 Å². The van der Waals surface area contributed by atoms with Crippen molar-refractivity contribution in [2.75, 3.05) is 20.7 Å². The van der Waals surface area contributed by atoms with Gasteiger partial charge < -0.3 is 20.7 Å². The third kappa shape index (κ3) is 7.71. The van der Waals surface area contributed by atoms with Crippen LogP contribution in [0.1, 0.15) is 40.9 Å². The Kier molecular flexibility index (Phi) is 9.33. The Morgan fingerprint density at radius 1 is 1.03 bits per heavy atom. The largest absolute Gasteiger partial charge is 0.375 e. The molecule has 3 amide bonds. The van der Waals surface area contributed by atoms with Gasteiger partial charge >= 0.3 is 0 Å². The Hall–Kier alpha value is -3.71. The number of nitrogens with two attached hydrogens (primary N) is 1. The van der Waals surface area contributed by atoms with Gasteiger partial charge in [0, 0.05) is 36.3 Å². The van der Waals surface area contributed by atoms with Crippen LogP contribution in [0.15, 0.2) is 48.5 Å². The van der Waals surface area contributed by atoms with Crippen molar-refractivity contribution in [1.82, 2.24) is 15.7 Å². The first-order chi connectivity index (χ1) is 16.1. The van der Waals surface area contributed by atoms with Crippen LogP contribution in [0.3, 0.4) is 0 Å². The van der Waals surface area contributed by atoms with E-state index in [1.54, 1.807) is 24.3 Å². The van der Waals surface area contributed by atoms with Crippen LogP contribution in [0, 0.1) is 11.8 Å². The molecule has 0 bridgehead atoms. The molecule has 2 rings (SSSR count). The summed E-state index contributed by atoms with van der Waals surface area (Å²) in [6, 6.07) is 12.6. The number of carbonyl (C=O) groups is 3. The number of hydrogen-bond donors (Lipinski definition) is 4. The minimum absolute atomic E-state index is 0.262. The average molecular weight is 467 g/mol. The number of amides is 3. The van der Waals surface area contributed by atoms with Crippen molar-refractivity contribution in [3.8, 4) is 11.8 Å². The monoisotopic (exact) mass is 466 g/mol. The Balaban J connectivity index is 2.04. The topological polar surface area (TPSA) is 134 Å². The van der Waals surface area contributed by atoms with Gasteiger partial charge in [-0.15, -0.1) is 0 Å². The minimum Gasteiger partial charge on any atom is -0.375 e. The summed E-state index contributed by atoms with van der Waals surface area (Å²) in [7, 11) is 2.63. The van der Waals surface area contributed by atoms with Crippen molar-refractivity contribution in [2.45, 2.75) is 32.0 Å². The summed E-state index contributed by atoms with van der Waals surface area (Å²) in [6.45, 7) is 4.75. The lowest BCUT2D eigenvalue weighted by atomic mass is 10.1. The Bertz CT molecular complexity index is 1050. The number of rotatable bonds is 8. The van der Waals surface area contributed by atoms with Crippen molar-refractivity contribution in [1.29, 1.82) is 0 Å². The van der Waals surface area contributed by atoms with Gasteiger partial charge in [0.05, 0.1) is 13.2 Å². The zero-order valence-corrected chi connectivity index (χ0v) is 19.7. The van der Waals surface area contributed by atoms with Crippen LogP contribution in [-0.4, -0.2) is 60.1 Å². The molecule has 0 radical (unpaired) electrons. The van der Waals surface area contributed by atoms with Crippen molar-refractivity contribution >= 4 is 17.7 Å². The lowest BCUT2D eigenvalue weighted by Gasteiger charge is -2.25. The maximum atomic E-state index is 12.7. The first-order valence-electron chi connectivity index (χ1n) is 10.6. The highest BCUT2D eigenvalue weighted by molar-refractivity contribution is 6.08. The number of hydrogen-bond acceptors (Lipinski definition) is 6. The van der Waals surface area contributed by atoms with E-state index in [2.05, 4.69) is 17.2 Å². The first kappa shape index (κ1) is 26.5. The molecule has 2 aromatic carbocycles. The minimum atomic E-state index is -1.52. The van der Waals surface area contributed by atoms with Crippen molar-refractivity contribution in [2.24, 2.45) is 5.73 Å². The zero-order chi connectivity index (χ0) is 25.3. The standard InChI is InChI=1S/C25H30N4O5/c1-25(2,26)16-34-15-19-9-7-17(8-10-19)5-6-18-11-13-20(14-12-18)24(32)29(4)21(22(30)27-3)23(31)28-33/h7-14,21,33H,15-16,26H2,1-4H3,(H,27,30)(H,28,31). The fourth-order valence-corrected chi connectivity index (χ4v) is 2.95. The second-order valence-corrected chi connectivity index (χ2v) is 8.41. The smallest absolute Gasteiger partial charge is 0.275 e. The molecule has 0 saturated heterocycles. The molecular weight excluding hydrogens is 436 g/mol. The molecule has 1 unspecified atom stereocenters. The molecule has 0 aromatic heterocycles. The number of likely N-dealkylation sites (N-methyl/N-ethyl adjacent to an activating group) is 2. The Morgan fingerprint density at radius 2 is 1.56 bits per heavy atom. The molecular formula is C25H30N4O5. The number of carbonyl (C=O) groups excluding carboxylic acids is 3. The molecule has 180 valence electrons. The first-order valence-corrected chi connectivity index (χ1v) is 10.6. The van der Waals surface area contributed by atoms with Gasteiger partial charge in [0.15, 0.2) is 6.04 Å². The maximum Gasteiger partial charge on any atom is 0.275 e. The molecule has 0 aliphatic rings. The lowest BCUT2D eigenvalue weighted by molar-refractivity contribution is -0.140. The normalized spacial score (nSPS) is 11.6. The second kappa shape index (κ2) is 12.0. The third-order valence-electron chi connectivity index (χ3n) is 4.74. The highest BCUT2D eigenvalue weighted by atomic mass is 16.5. The zero-order valence-electron chi connectivity index (χ0n) is 19.7. The van der Waals surface area contributed by atoms with Gasteiger partial charge in [0.25, 0.3) is 17.7 Å². The summed E-state index contributed by atoms with van der Waals surface area (Å²) in [4.78, 5) is 37.5. The molecule has 9 nitrogen and oxygen atoms in total. The molecule has 0 aliphatic heterocycles. The lowest BCUT2D eigenvalue weighted by Crippen LogP contribution is -2.54. The van der Waals surface area contributed by atoms with Crippen molar-refractivity contribution < 1.29 is 24.3 Å². The van der Waals surface area contributed by atoms with Crippen LogP contribution < -0.4 is 16.5 Å². The fourth-order valence-electron chi connectivity index (χ4n) is 2.95. The summed E-state index contributed by atoms with van der Waals surface area (Å²) in [6.07, 6.45) is 0. The molecule has 0 saturated carbocycles. The molecule has 0 fully saturated rings.